The number of ether oxygens (including phenoxy) is 1. The molecule has 0 bridgehead atoms. The molecule has 0 aromatic heterocycles. The molecule has 0 saturated carbocycles. The molecule has 0 spiro atoms. The van der Waals surface area contributed by atoms with Gasteiger partial charge in [0, 0.05) is 13.7 Å². The molecular weight excluding hydrogens is 150 g/mol. The number of methoxy groups -OCH3 is 1. The van der Waals surface area contributed by atoms with Crippen molar-refractivity contribution in [3.8, 4) is 0 Å². The van der Waals surface area contributed by atoms with Crippen LogP contribution in [0.1, 0.15) is 43.6 Å². The van der Waals surface area contributed by atoms with Crippen LogP contribution in [0, 0.1) is 0 Å². The summed E-state index contributed by atoms with van der Waals surface area (Å²) < 4.78 is 4.54. The Labute approximate surface area is 81.7 Å². The lowest BCUT2D eigenvalue weighted by molar-refractivity contribution is 0.215. The molecule has 0 aliphatic rings. The summed E-state index contributed by atoms with van der Waals surface area (Å²) in [6, 6.07) is 0. The van der Waals surface area contributed by atoms with Gasteiger partial charge in [-0.05, 0) is 20.5 Å². The van der Waals surface area contributed by atoms with Crippen molar-refractivity contribution >= 4 is 0 Å². The molecule has 84 valence electrons. The fraction of sp³-hybridized carbons (Fsp3) is 1.00. The monoisotopic (exact) mass is 183 g/mol. The van der Waals surface area contributed by atoms with E-state index in [1.165, 1.54) is 0 Å². The molecule has 12 heavy (non-hydrogen) atoms. The maximum Gasteiger partial charge on any atom is 0.0433 e. The van der Waals surface area contributed by atoms with Gasteiger partial charge in [-0.3, -0.25) is 0 Å². The van der Waals surface area contributed by atoms with E-state index in [0.717, 1.165) is 13.2 Å². The van der Waals surface area contributed by atoms with Crippen LogP contribution in [0.3, 0.4) is 0 Å². The van der Waals surface area contributed by atoms with Crippen LogP contribution in [-0.2, 0) is 4.74 Å². The van der Waals surface area contributed by atoms with E-state index < -0.39 is 0 Å². The highest BCUT2D eigenvalue weighted by Crippen LogP contribution is 1.52. The van der Waals surface area contributed by atoms with Crippen LogP contribution in [0.2, 0.25) is 0 Å². The van der Waals surface area contributed by atoms with Gasteiger partial charge in [0.25, 0.3) is 0 Å². The van der Waals surface area contributed by atoms with E-state index in [0.29, 0.717) is 0 Å². The Bertz CT molecular complexity index is 17.8. The third-order valence-electron chi connectivity index (χ3n) is 0.642. The van der Waals surface area contributed by atoms with E-state index in [2.05, 4.69) is 17.0 Å². The van der Waals surface area contributed by atoms with Crippen molar-refractivity contribution in [2.75, 3.05) is 27.3 Å². The SMILES string of the molecule is C.C.C.C.CCNC.CCOC. The third kappa shape index (κ3) is 214. The molecule has 2 heteroatoms. The van der Waals surface area contributed by atoms with Crippen LogP contribution in [-0.4, -0.2) is 27.3 Å². The molecule has 0 heterocycles. The molecule has 0 unspecified atom stereocenters. The lowest BCUT2D eigenvalue weighted by Crippen LogP contribution is -2.01. The zero-order valence-corrected chi connectivity index (χ0v) is 6.32. The Hall–Kier alpha value is -0.0800. The van der Waals surface area contributed by atoms with Crippen molar-refractivity contribution in [1.29, 1.82) is 0 Å². The third-order valence-corrected chi connectivity index (χ3v) is 0.642. The Morgan fingerprint density at radius 2 is 1.17 bits per heavy atom. The fourth-order valence-electron chi connectivity index (χ4n) is 0. The number of hydrogen-bond donors (Lipinski definition) is 1. The molecule has 0 aliphatic carbocycles. The average molecular weight is 183 g/mol. The smallest absolute Gasteiger partial charge is 0.0433 e. The maximum atomic E-state index is 4.54. The molecule has 0 fully saturated rings. The summed E-state index contributed by atoms with van der Waals surface area (Å²) in [6.45, 7) is 5.92. The molecule has 2 nitrogen and oxygen atoms in total. The minimum Gasteiger partial charge on any atom is -0.385 e. The second-order valence-corrected chi connectivity index (χ2v) is 1.28. The first-order valence-electron chi connectivity index (χ1n) is 2.96. The van der Waals surface area contributed by atoms with Crippen molar-refractivity contribution in [3.05, 3.63) is 0 Å². The number of nitrogens with one attached hydrogen (secondary N) is 1. The Morgan fingerprint density at radius 3 is 1.17 bits per heavy atom. The van der Waals surface area contributed by atoms with Crippen LogP contribution in [0.5, 0.6) is 0 Å². The number of hydrogen-bond acceptors (Lipinski definition) is 2. The van der Waals surface area contributed by atoms with Crippen LogP contribution in [0.15, 0.2) is 0 Å². The van der Waals surface area contributed by atoms with E-state index in [9.17, 15) is 0 Å². The van der Waals surface area contributed by atoms with Gasteiger partial charge in [-0.2, -0.15) is 0 Å². The van der Waals surface area contributed by atoms with Gasteiger partial charge in [-0.25, -0.2) is 0 Å². The van der Waals surface area contributed by atoms with Crippen LogP contribution < -0.4 is 5.32 Å². The first-order chi connectivity index (χ1) is 3.83. The van der Waals surface area contributed by atoms with Gasteiger partial charge in [0.2, 0.25) is 0 Å². The van der Waals surface area contributed by atoms with Crippen molar-refractivity contribution in [2.45, 2.75) is 43.6 Å². The van der Waals surface area contributed by atoms with Gasteiger partial charge < -0.3 is 10.1 Å². The Morgan fingerprint density at radius 1 is 1.00 bits per heavy atom. The largest absolute Gasteiger partial charge is 0.385 e. The highest BCUT2D eigenvalue weighted by atomic mass is 16.5. The van der Waals surface area contributed by atoms with Gasteiger partial charge in [0.1, 0.15) is 0 Å². The lowest BCUT2D eigenvalue weighted by atomic mass is 10.8. The van der Waals surface area contributed by atoms with Gasteiger partial charge in [-0.15, -0.1) is 0 Å². The highest BCUT2D eigenvalue weighted by molar-refractivity contribution is 4.15. The molecule has 1 N–H and O–H groups in total. The first-order valence-corrected chi connectivity index (χ1v) is 2.96. The van der Waals surface area contributed by atoms with E-state index >= 15 is 0 Å². The van der Waals surface area contributed by atoms with Crippen LogP contribution in [0.4, 0.5) is 0 Å². The van der Waals surface area contributed by atoms with Crippen LogP contribution in [0.25, 0.3) is 0 Å². The predicted octanol–water partition coefficient (Wildman–Crippen LogP) is 3.42. The fourth-order valence-corrected chi connectivity index (χ4v) is 0. The van der Waals surface area contributed by atoms with E-state index in [4.69, 9.17) is 0 Å². The summed E-state index contributed by atoms with van der Waals surface area (Å²) in [6.07, 6.45) is 0. The molecular formula is C10H33NO. The van der Waals surface area contributed by atoms with Crippen molar-refractivity contribution in [1.82, 2.24) is 5.32 Å². The minimum atomic E-state index is 0. The van der Waals surface area contributed by atoms with E-state index in [1.807, 2.05) is 14.0 Å². The zero-order chi connectivity index (χ0) is 6.83. The van der Waals surface area contributed by atoms with Gasteiger partial charge >= 0.3 is 0 Å². The molecule has 0 aliphatic heterocycles. The number of rotatable bonds is 2. The second kappa shape index (κ2) is 69.9. The molecule has 0 aromatic carbocycles. The summed E-state index contributed by atoms with van der Waals surface area (Å²) >= 11 is 0. The van der Waals surface area contributed by atoms with Crippen molar-refractivity contribution < 1.29 is 4.74 Å². The summed E-state index contributed by atoms with van der Waals surface area (Å²) in [4.78, 5) is 0. The Kier molecular flexibility index (Phi) is 236. The van der Waals surface area contributed by atoms with Crippen molar-refractivity contribution in [2.24, 2.45) is 0 Å². The molecule has 0 amide bonds. The second-order valence-electron chi connectivity index (χ2n) is 1.28. The predicted molar refractivity (Wildman–Crippen MR) is 64.1 cm³/mol. The van der Waals surface area contributed by atoms with Gasteiger partial charge in [-0.1, -0.05) is 36.6 Å². The quantitative estimate of drug-likeness (QED) is 0.708. The highest BCUT2D eigenvalue weighted by Gasteiger charge is 1.51. The standard InChI is InChI=1S/C3H9N.C3H8O.4CH4/c2*1-3-4-2;;;;/h4H,3H2,1-2H3;3H2,1-2H3;4*1H4. The molecule has 0 radical (unpaired) electrons. The molecule has 0 atom stereocenters. The molecule has 0 aromatic rings. The van der Waals surface area contributed by atoms with E-state index in [-0.39, 0.29) is 29.7 Å². The summed E-state index contributed by atoms with van der Waals surface area (Å²) in [5, 5.41) is 2.93. The summed E-state index contributed by atoms with van der Waals surface area (Å²) in [5.41, 5.74) is 0. The van der Waals surface area contributed by atoms with Crippen molar-refractivity contribution in [3.63, 3.8) is 0 Å². The van der Waals surface area contributed by atoms with Crippen LogP contribution >= 0.6 is 0 Å². The van der Waals surface area contributed by atoms with Gasteiger partial charge in [0.05, 0.1) is 0 Å². The normalized spacial score (nSPS) is 5.00. The lowest BCUT2D eigenvalue weighted by Gasteiger charge is -1.76. The zero-order valence-electron chi connectivity index (χ0n) is 6.32. The maximum absolute atomic E-state index is 4.54. The minimum absolute atomic E-state index is 0. The van der Waals surface area contributed by atoms with E-state index in [1.54, 1.807) is 7.11 Å². The summed E-state index contributed by atoms with van der Waals surface area (Å²) in [5.74, 6) is 0. The average Bonchev–Trinajstić information content (AvgIpc) is 1.88. The first kappa shape index (κ1) is 40.6. The molecule has 0 saturated heterocycles. The van der Waals surface area contributed by atoms with Gasteiger partial charge in [0.15, 0.2) is 0 Å². The Balaban J connectivity index is -0.0000000112. The topological polar surface area (TPSA) is 21.3 Å². The summed E-state index contributed by atoms with van der Waals surface area (Å²) in [7, 11) is 3.61. The molecule has 0 rings (SSSR count).